The van der Waals surface area contributed by atoms with Crippen molar-refractivity contribution in [2.75, 3.05) is 0 Å². The third kappa shape index (κ3) is 4.70. The average molecular weight is 425 g/mol. The minimum Gasteiger partial charge on any atom is -0.398 e. The van der Waals surface area contributed by atoms with Crippen LogP contribution in [0.5, 0.6) is 0 Å². The first-order valence-electron chi connectivity index (χ1n) is 8.71. The zero-order chi connectivity index (χ0) is 18.6. The molecular formula is C22H23BrNOSi. The molecule has 26 heavy (non-hydrogen) atoms. The summed E-state index contributed by atoms with van der Waals surface area (Å²) in [5.41, 5.74) is 0.899. The van der Waals surface area contributed by atoms with Crippen LogP contribution >= 0.6 is 15.9 Å². The SMILES string of the molecule is CC(C)(C)C(O[Si](c1ccccc1)c1ccccc1)c1ccc(Br)cn1. The van der Waals surface area contributed by atoms with Crippen molar-refractivity contribution >= 4 is 35.3 Å². The van der Waals surface area contributed by atoms with Crippen molar-refractivity contribution in [3.63, 3.8) is 0 Å². The number of halogens is 1. The third-order valence-corrected chi connectivity index (χ3v) is 6.77. The van der Waals surface area contributed by atoms with E-state index >= 15 is 0 Å². The first-order valence-corrected chi connectivity index (χ1v) is 10.9. The van der Waals surface area contributed by atoms with Gasteiger partial charge in [0.05, 0.1) is 11.8 Å². The van der Waals surface area contributed by atoms with Gasteiger partial charge in [0, 0.05) is 10.7 Å². The fourth-order valence-corrected chi connectivity index (χ4v) is 5.36. The summed E-state index contributed by atoms with van der Waals surface area (Å²) < 4.78 is 7.81. The van der Waals surface area contributed by atoms with E-state index in [-0.39, 0.29) is 11.5 Å². The van der Waals surface area contributed by atoms with Crippen LogP contribution in [0.3, 0.4) is 0 Å². The molecule has 0 saturated carbocycles. The van der Waals surface area contributed by atoms with Gasteiger partial charge in [-0.05, 0) is 43.9 Å². The second-order valence-electron chi connectivity index (χ2n) is 7.33. The maximum atomic E-state index is 6.84. The predicted molar refractivity (Wildman–Crippen MR) is 113 cm³/mol. The molecule has 1 unspecified atom stereocenters. The number of benzene rings is 2. The van der Waals surface area contributed by atoms with Crippen molar-refractivity contribution < 1.29 is 4.43 Å². The number of hydrogen-bond acceptors (Lipinski definition) is 2. The van der Waals surface area contributed by atoms with Crippen LogP contribution in [0.25, 0.3) is 0 Å². The minimum atomic E-state index is -1.39. The standard InChI is InChI=1S/C22H23BrNOSi/c1-22(2,3)21(20-15-14-17(23)16-24-20)25-26(18-10-6-4-7-11-18)19-12-8-5-9-13-19/h4-16,21H,1-3H3. The lowest BCUT2D eigenvalue weighted by atomic mass is 9.87. The van der Waals surface area contributed by atoms with Crippen molar-refractivity contribution in [1.82, 2.24) is 4.98 Å². The zero-order valence-corrected chi connectivity index (χ0v) is 17.9. The molecule has 0 spiro atoms. The second kappa shape index (κ2) is 8.29. The van der Waals surface area contributed by atoms with E-state index in [2.05, 4.69) is 96.3 Å². The maximum Gasteiger partial charge on any atom is 0.283 e. The number of pyridine rings is 1. The quantitative estimate of drug-likeness (QED) is 0.551. The second-order valence-corrected chi connectivity index (χ2v) is 10.3. The van der Waals surface area contributed by atoms with Crippen molar-refractivity contribution in [2.24, 2.45) is 5.41 Å². The van der Waals surface area contributed by atoms with Crippen LogP contribution in [0.2, 0.25) is 0 Å². The van der Waals surface area contributed by atoms with E-state index in [0.29, 0.717) is 0 Å². The summed E-state index contributed by atoms with van der Waals surface area (Å²) in [7, 11) is -1.39. The highest BCUT2D eigenvalue weighted by Crippen LogP contribution is 2.35. The molecule has 1 radical (unpaired) electrons. The molecule has 2 nitrogen and oxygen atoms in total. The van der Waals surface area contributed by atoms with Crippen molar-refractivity contribution in [2.45, 2.75) is 26.9 Å². The lowest BCUT2D eigenvalue weighted by Crippen LogP contribution is -2.47. The van der Waals surface area contributed by atoms with E-state index in [1.165, 1.54) is 10.4 Å². The lowest BCUT2D eigenvalue weighted by molar-refractivity contribution is 0.0857. The van der Waals surface area contributed by atoms with Crippen molar-refractivity contribution in [3.05, 3.63) is 89.2 Å². The van der Waals surface area contributed by atoms with Gasteiger partial charge in [0.25, 0.3) is 9.04 Å². The fraction of sp³-hybridized carbons (Fsp3) is 0.227. The molecule has 1 heterocycles. The Bertz CT molecular complexity index is 777. The molecule has 133 valence electrons. The molecule has 2 aromatic carbocycles. The number of hydrogen-bond donors (Lipinski definition) is 0. The van der Waals surface area contributed by atoms with E-state index in [9.17, 15) is 0 Å². The molecule has 3 aromatic rings. The zero-order valence-electron chi connectivity index (χ0n) is 15.3. The molecule has 0 aliphatic heterocycles. The first-order chi connectivity index (χ1) is 12.4. The van der Waals surface area contributed by atoms with Gasteiger partial charge >= 0.3 is 0 Å². The molecular weight excluding hydrogens is 402 g/mol. The smallest absolute Gasteiger partial charge is 0.283 e. The summed E-state index contributed by atoms with van der Waals surface area (Å²) in [5, 5.41) is 2.49. The summed E-state index contributed by atoms with van der Waals surface area (Å²) in [4.78, 5) is 4.63. The minimum absolute atomic E-state index is 0.0691. The summed E-state index contributed by atoms with van der Waals surface area (Å²) >= 11 is 3.47. The van der Waals surface area contributed by atoms with Gasteiger partial charge in [0.15, 0.2) is 0 Å². The van der Waals surface area contributed by atoms with E-state index in [1.54, 1.807) is 0 Å². The highest BCUT2D eigenvalue weighted by molar-refractivity contribution is 9.10. The molecule has 0 N–H and O–H groups in total. The topological polar surface area (TPSA) is 22.1 Å². The predicted octanol–water partition coefficient (Wildman–Crippen LogP) is 4.75. The van der Waals surface area contributed by atoms with Gasteiger partial charge in [-0.1, -0.05) is 81.4 Å². The van der Waals surface area contributed by atoms with Gasteiger partial charge < -0.3 is 4.43 Å². The Kier molecular flexibility index (Phi) is 6.07. The summed E-state index contributed by atoms with van der Waals surface area (Å²) in [5.74, 6) is 0. The Hall–Kier alpha value is -1.75. The van der Waals surface area contributed by atoms with Crippen molar-refractivity contribution in [1.29, 1.82) is 0 Å². The normalized spacial score (nSPS) is 13.0. The monoisotopic (exact) mass is 424 g/mol. The Balaban J connectivity index is 2.01. The summed E-state index contributed by atoms with van der Waals surface area (Å²) in [6.45, 7) is 6.62. The molecule has 0 aliphatic carbocycles. The molecule has 4 heteroatoms. The Morgan fingerprint density at radius 1 is 0.846 bits per heavy atom. The van der Waals surface area contributed by atoms with Crippen LogP contribution in [0.4, 0.5) is 0 Å². The molecule has 0 saturated heterocycles. The van der Waals surface area contributed by atoms with Crippen LogP contribution < -0.4 is 10.4 Å². The molecule has 0 amide bonds. The molecule has 0 bridgehead atoms. The summed E-state index contributed by atoms with van der Waals surface area (Å²) in [6.07, 6.45) is 1.75. The van der Waals surface area contributed by atoms with Gasteiger partial charge in [-0.3, -0.25) is 4.98 Å². The van der Waals surface area contributed by atoms with E-state index in [1.807, 2.05) is 24.4 Å². The van der Waals surface area contributed by atoms with Gasteiger partial charge in [-0.25, -0.2) is 0 Å². The Morgan fingerprint density at radius 3 is 1.81 bits per heavy atom. The van der Waals surface area contributed by atoms with Gasteiger partial charge in [-0.2, -0.15) is 0 Å². The van der Waals surface area contributed by atoms with Gasteiger partial charge in [-0.15, -0.1) is 0 Å². The fourth-order valence-electron chi connectivity index (χ4n) is 2.82. The maximum absolute atomic E-state index is 6.84. The van der Waals surface area contributed by atoms with E-state index in [4.69, 9.17) is 4.43 Å². The molecule has 0 aliphatic rings. The Labute approximate surface area is 166 Å². The molecule has 1 aromatic heterocycles. The van der Waals surface area contributed by atoms with Crippen LogP contribution in [-0.2, 0) is 4.43 Å². The molecule has 3 rings (SSSR count). The van der Waals surface area contributed by atoms with Crippen LogP contribution in [-0.4, -0.2) is 14.0 Å². The number of nitrogens with zero attached hydrogens (tertiary/aromatic N) is 1. The van der Waals surface area contributed by atoms with E-state index < -0.39 is 9.04 Å². The summed E-state index contributed by atoms with van der Waals surface area (Å²) in [6, 6.07) is 25.1. The van der Waals surface area contributed by atoms with Crippen LogP contribution in [0, 0.1) is 5.41 Å². The molecule has 0 fully saturated rings. The average Bonchev–Trinajstić information content (AvgIpc) is 2.64. The lowest BCUT2D eigenvalue weighted by Gasteiger charge is -2.33. The van der Waals surface area contributed by atoms with Gasteiger partial charge in [0.2, 0.25) is 0 Å². The van der Waals surface area contributed by atoms with Crippen LogP contribution in [0.15, 0.2) is 83.5 Å². The first kappa shape index (κ1) is 19.0. The highest BCUT2D eigenvalue weighted by Gasteiger charge is 2.33. The highest BCUT2D eigenvalue weighted by atomic mass is 79.9. The Morgan fingerprint density at radius 2 is 1.38 bits per heavy atom. The molecule has 1 atom stereocenters. The third-order valence-electron chi connectivity index (χ3n) is 4.11. The largest absolute Gasteiger partial charge is 0.398 e. The van der Waals surface area contributed by atoms with Crippen LogP contribution in [0.1, 0.15) is 32.6 Å². The van der Waals surface area contributed by atoms with Gasteiger partial charge in [0.1, 0.15) is 0 Å². The van der Waals surface area contributed by atoms with Crippen molar-refractivity contribution in [3.8, 4) is 0 Å². The number of rotatable bonds is 5. The number of aromatic nitrogens is 1. The van der Waals surface area contributed by atoms with E-state index in [0.717, 1.165) is 10.2 Å².